The Balaban J connectivity index is 1.24. The first-order chi connectivity index (χ1) is 25.0. The zero-order chi connectivity index (χ0) is 33.8. The van der Waals surface area contributed by atoms with E-state index in [0.29, 0.717) is 17.6 Å². The summed E-state index contributed by atoms with van der Waals surface area (Å²) < 4.78 is 4.75. The minimum atomic E-state index is -0.139. The molecular formula is C46H30N4S. The van der Waals surface area contributed by atoms with Gasteiger partial charge in [0.1, 0.15) is 0 Å². The van der Waals surface area contributed by atoms with Crippen LogP contribution in [0.15, 0.2) is 146 Å². The standard InChI is InChI=1S/C46H30N4S/c1-46(2)36-21-11-8-17-29(36)33-24-34-30-18-9-12-22-38(30)50(39(34)26-37(33)46)45-48-43(27-14-4-3-5-15-27)47-44(49-45)35-25-41-42(31-19-7-6-16-28(31)35)32-20-10-13-23-40(32)51-41/h3-26H,1-2H3. The van der Waals surface area contributed by atoms with E-state index in [2.05, 4.69) is 146 Å². The lowest BCUT2D eigenvalue weighted by molar-refractivity contribution is 0.661. The van der Waals surface area contributed by atoms with Crippen LogP contribution in [0.2, 0.25) is 0 Å². The molecule has 51 heavy (non-hydrogen) atoms. The summed E-state index contributed by atoms with van der Waals surface area (Å²) in [5, 5.41) is 7.27. The van der Waals surface area contributed by atoms with Gasteiger partial charge in [-0.25, -0.2) is 4.98 Å². The fourth-order valence-electron chi connectivity index (χ4n) is 8.45. The van der Waals surface area contributed by atoms with Crippen LogP contribution in [0.25, 0.3) is 92.6 Å². The van der Waals surface area contributed by atoms with E-state index >= 15 is 0 Å². The van der Waals surface area contributed by atoms with Gasteiger partial charge < -0.3 is 0 Å². The second-order valence-electron chi connectivity index (χ2n) is 14.0. The van der Waals surface area contributed by atoms with Gasteiger partial charge in [-0.3, -0.25) is 4.57 Å². The number of hydrogen-bond donors (Lipinski definition) is 0. The van der Waals surface area contributed by atoms with Gasteiger partial charge in [0.15, 0.2) is 11.6 Å². The number of para-hydroxylation sites is 1. The van der Waals surface area contributed by atoms with Gasteiger partial charge in [0.05, 0.1) is 11.0 Å². The number of hydrogen-bond acceptors (Lipinski definition) is 4. The zero-order valence-electron chi connectivity index (χ0n) is 28.1. The largest absolute Gasteiger partial charge is 0.278 e. The molecule has 0 atom stereocenters. The molecule has 0 saturated heterocycles. The Morgan fingerprint density at radius 3 is 2.02 bits per heavy atom. The van der Waals surface area contributed by atoms with Crippen molar-refractivity contribution in [2.75, 3.05) is 0 Å². The van der Waals surface area contributed by atoms with E-state index in [0.717, 1.165) is 27.5 Å². The molecule has 0 bridgehead atoms. The first kappa shape index (κ1) is 28.6. The van der Waals surface area contributed by atoms with Crippen LogP contribution in [0.5, 0.6) is 0 Å². The van der Waals surface area contributed by atoms with Crippen molar-refractivity contribution in [3.05, 3.63) is 157 Å². The zero-order valence-corrected chi connectivity index (χ0v) is 28.9. The van der Waals surface area contributed by atoms with E-state index in [1.165, 1.54) is 58.6 Å². The minimum absolute atomic E-state index is 0.139. The van der Waals surface area contributed by atoms with Crippen LogP contribution < -0.4 is 0 Å². The molecule has 0 amide bonds. The Morgan fingerprint density at radius 2 is 1.16 bits per heavy atom. The van der Waals surface area contributed by atoms with E-state index in [9.17, 15) is 0 Å². The second-order valence-corrected chi connectivity index (χ2v) is 15.1. The van der Waals surface area contributed by atoms with Crippen LogP contribution in [-0.2, 0) is 5.41 Å². The maximum absolute atomic E-state index is 5.40. The summed E-state index contributed by atoms with van der Waals surface area (Å²) >= 11 is 1.82. The molecule has 240 valence electrons. The van der Waals surface area contributed by atoms with Crippen LogP contribution in [-0.4, -0.2) is 19.5 Å². The highest BCUT2D eigenvalue weighted by molar-refractivity contribution is 7.26. The Hall–Kier alpha value is -6.17. The second kappa shape index (κ2) is 10.4. The average Bonchev–Trinajstić information content (AvgIpc) is 3.79. The highest BCUT2D eigenvalue weighted by atomic mass is 32.1. The molecule has 0 unspecified atom stereocenters. The van der Waals surface area contributed by atoms with Gasteiger partial charge in [-0.1, -0.05) is 129 Å². The number of benzene rings is 7. The third kappa shape index (κ3) is 4.04. The highest BCUT2D eigenvalue weighted by Gasteiger charge is 2.36. The molecule has 10 aromatic rings. The normalized spacial score (nSPS) is 13.5. The Labute approximate surface area is 298 Å². The first-order valence-corrected chi connectivity index (χ1v) is 18.2. The molecular weight excluding hydrogens is 641 g/mol. The topological polar surface area (TPSA) is 43.6 Å². The molecule has 0 radical (unpaired) electrons. The first-order valence-electron chi connectivity index (χ1n) is 17.4. The molecule has 4 nitrogen and oxygen atoms in total. The highest BCUT2D eigenvalue weighted by Crippen LogP contribution is 2.51. The number of fused-ring (bicyclic) bond motifs is 11. The van der Waals surface area contributed by atoms with Crippen LogP contribution in [0.3, 0.4) is 0 Å². The maximum Gasteiger partial charge on any atom is 0.238 e. The molecule has 0 N–H and O–H groups in total. The molecule has 3 aromatic heterocycles. The lowest BCUT2D eigenvalue weighted by Gasteiger charge is -2.21. The van der Waals surface area contributed by atoms with Gasteiger partial charge in [-0.2, -0.15) is 9.97 Å². The van der Waals surface area contributed by atoms with Crippen molar-refractivity contribution >= 4 is 64.1 Å². The van der Waals surface area contributed by atoms with Gasteiger partial charge in [0.25, 0.3) is 0 Å². The number of aromatic nitrogens is 4. The summed E-state index contributed by atoms with van der Waals surface area (Å²) in [4.78, 5) is 15.9. The van der Waals surface area contributed by atoms with E-state index < -0.39 is 0 Å². The fraction of sp³-hybridized carbons (Fsp3) is 0.0652. The van der Waals surface area contributed by atoms with E-state index in [-0.39, 0.29) is 5.41 Å². The van der Waals surface area contributed by atoms with Crippen molar-refractivity contribution in [3.63, 3.8) is 0 Å². The monoisotopic (exact) mass is 670 g/mol. The quantitative estimate of drug-likeness (QED) is 0.188. The Morgan fingerprint density at radius 1 is 0.471 bits per heavy atom. The molecule has 0 saturated carbocycles. The lowest BCUT2D eigenvalue weighted by Crippen LogP contribution is -2.15. The summed E-state index contributed by atoms with van der Waals surface area (Å²) in [5.41, 5.74) is 9.28. The van der Waals surface area contributed by atoms with Crippen molar-refractivity contribution in [2.24, 2.45) is 0 Å². The van der Waals surface area contributed by atoms with Crippen molar-refractivity contribution < 1.29 is 0 Å². The molecule has 5 heteroatoms. The van der Waals surface area contributed by atoms with Gasteiger partial charge in [0, 0.05) is 47.5 Å². The van der Waals surface area contributed by atoms with Gasteiger partial charge in [-0.15, -0.1) is 11.3 Å². The van der Waals surface area contributed by atoms with Crippen LogP contribution in [0.4, 0.5) is 0 Å². The molecule has 3 heterocycles. The summed E-state index contributed by atoms with van der Waals surface area (Å²) in [6, 6.07) is 52.1. The van der Waals surface area contributed by atoms with Crippen molar-refractivity contribution in [1.29, 1.82) is 0 Å². The maximum atomic E-state index is 5.40. The van der Waals surface area contributed by atoms with Gasteiger partial charge in [-0.05, 0) is 63.4 Å². The van der Waals surface area contributed by atoms with E-state index in [4.69, 9.17) is 15.0 Å². The molecule has 1 aliphatic rings. The summed E-state index contributed by atoms with van der Waals surface area (Å²) in [7, 11) is 0. The lowest BCUT2D eigenvalue weighted by atomic mass is 9.82. The molecule has 0 aliphatic heterocycles. The SMILES string of the molecule is CC1(C)c2ccccc2-c2cc3c4ccccc4n(-c4nc(-c5ccccc5)nc(-c5cc6sc7ccccc7c6c6ccccc56)n4)c3cc21. The van der Waals surface area contributed by atoms with E-state index in [1.807, 2.05) is 29.5 Å². The van der Waals surface area contributed by atoms with Crippen LogP contribution in [0, 0.1) is 0 Å². The van der Waals surface area contributed by atoms with Crippen LogP contribution >= 0.6 is 11.3 Å². The third-order valence-corrected chi connectivity index (χ3v) is 12.0. The number of thiophene rings is 1. The summed E-state index contributed by atoms with van der Waals surface area (Å²) in [6.45, 7) is 4.67. The smallest absolute Gasteiger partial charge is 0.238 e. The predicted octanol–water partition coefficient (Wildman–Crippen LogP) is 12.1. The Kier molecular flexibility index (Phi) is 5.85. The average molecular weight is 671 g/mol. The molecule has 7 aromatic carbocycles. The van der Waals surface area contributed by atoms with Crippen molar-refractivity contribution in [2.45, 2.75) is 19.3 Å². The fourth-order valence-corrected chi connectivity index (χ4v) is 9.62. The van der Waals surface area contributed by atoms with Gasteiger partial charge in [0.2, 0.25) is 5.95 Å². The third-order valence-electron chi connectivity index (χ3n) is 10.9. The van der Waals surface area contributed by atoms with E-state index in [1.54, 1.807) is 0 Å². The number of nitrogens with zero attached hydrogens (tertiary/aromatic N) is 4. The summed E-state index contributed by atoms with van der Waals surface area (Å²) in [5.74, 6) is 1.92. The molecule has 1 aliphatic carbocycles. The number of rotatable bonds is 3. The van der Waals surface area contributed by atoms with Crippen LogP contribution in [0.1, 0.15) is 25.0 Å². The van der Waals surface area contributed by atoms with Gasteiger partial charge >= 0.3 is 0 Å². The van der Waals surface area contributed by atoms with Crippen molar-refractivity contribution in [3.8, 4) is 39.9 Å². The minimum Gasteiger partial charge on any atom is -0.278 e. The van der Waals surface area contributed by atoms with Crippen molar-refractivity contribution in [1.82, 2.24) is 19.5 Å². The molecule has 11 rings (SSSR count). The summed E-state index contributed by atoms with van der Waals surface area (Å²) in [6.07, 6.45) is 0. The predicted molar refractivity (Wildman–Crippen MR) is 213 cm³/mol. The Bertz CT molecular complexity index is 3060. The molecule has 0 spiro atoms. The molecule has 0 fully saturated rings.